The lowest BCUT2D eigenvalue weighted by molar-refractivity contribution is -0.125. The van der Waals surface area contributed by atoms with Crippen molar-refractivity contribution in [2.45, 2.75) is 45.7 Å². The number of hydrogen-bond acceptors (Lipinski definition) is 4. The average molecular weight is 406 g/mol. The molecule has 0 radical (unpaired) electrons. The molecule has 0 aliphatic heterocycles. The van der Waals surface area contributed by atoms with Gasteiger partial charge in [-0.05, 0) is 62.4 Å². The van der Waals surface area contributed by atoms with Gasteiger partial charge in [-0.25, -0.2) is 4.79 Å². The molecule has 6 nitrogen and oxygen atoms in total. The van der Waals surface area contributed by atoms with Crippen LogP contribution in [0.4, 0.5) is 0 Å². The second kappa shape index (κ2) is 8.61. The summed E-state index contributed by atoms with van der Waals surface area (Å²) >= 11 is 0. The Hall–Kier alpha value is -3.28. The zero-order valence-electron chi connectivity index (χ0n) is 17.3. The number of carbonyl (C=O) groups excluding carboxylic acids is 2. The SMILES string of the molecule is Cc1cc(C(=O)OCC(=O)N[C@H]2CCCc3ccccc32)c(C)n1Cc1ccco1. The van der Waals surface area contributed by atoms with Crippen LogP contribution in [0.3, 0.4) is 0 Å². The minimum absolute atomic E-state index is 0.0282. The number of aromatic nitrogens is 1. The Morgan fingerprint density at radius 2 is 2.03 bits per heavy atom. The molecule has 3 aromatic rings. The van der Waals surface area contributed by atoms with Gasteiger partial charge in [0.05, 0.1) is 24.4 Å². The number of benzene rings is 1. The highest BCUT2D eigenvalue weighted by Gasteiger charge is 2.23. The number of hydrogen-bond donors (Lipinski definition) is 1. The maximum atomic E-state index is 12.6. The molecule has 0 unspecified atom stereocenters. The van der Waals surface area contributed by atoms with Crippen LogP contribution >= 0.6 is 0 Å². The van der Waals surface area contributed by atoms with E-state index in [0.29, 0.717) is 12.1 Å². The van der Waals surface area contributed by atoms with Crippen LogP contribution in [0.5, 0.6) is 0 Å². The van der Waals surface area contributed by atoms with E-state index in [1.165, 1.54) is 5.56 Å². The molecule has 2 aromatic heterocycles. The number of esters is 1. The summed E-state index contributed by atoms with van der Waals surface area (Å²) in [6.07, 6.45) is 4.58. The summed E-state index contributed by atoms with van der Waals surface area (Å²) in [4.78, 5) is 25.0. The molecule has 1 N–H and O–H groups in total. The first-order chi connectivity index (χ1) is 14.5. The molecule has 1 aliphatic rings. The van der Waals surface area contributed by atoms with Gasteiger partial charge in [0.25, 0.3) is 5.91 Å². The van der Waals surface area contributed by atoms with E-state index in [1.54, 1.807) is 12.3 Å². The van der Waals surface area contributed by atoms with Crippen molar-refractivity contribution in [2.75, 3.05) is 6.61 Å². The van der Waals surface area contributed by atoms with Crippen molar-refractivity contribution in [1.29, 1.82) is 0 Å². The Kier molecular flexibility index (Phi) is 5.74. The van der Waals surface area contributed by atoms with Crippen LogP contribution in [-0.2, 0) is 22.5 Å². The summed E-state index contributed by atoms with van der Waals surface area (Å²) in [7, 11) is 0. The summed E-state index contributed by atoms with van der Waals surface area (Å²) in [6.45, 7) is 4.05. The van der Waals surface area contributed by atoms with Crippen molar-refractivity contribution >= 4 is 11.9 Å². The number of rotatable bonds is 6. The first kappa shape index (κ1) is 20.0. The van der Waals surface area contributed by atoms with Gasteiger partial charge < -0.3 is 19.0 Å². The van der Waals surface area contributed by atoms with Gasteiger partial charge in [-0.3, -0.25) is 4.79 Å². The van der Waals surface area contributed by atoms with E-state index in [4.69, 9.17) is 9.15 Å². The van der Waals surface area contributed by atoms with Crippen LogP contribution in [0, 0.1) is 13.8 Å². The first-order valence-corrected chi connectivity index (χ1v) is 10.3. The maximum Gasteiger partial charge on any atom is 0.340 e. The van der Waals surface area contributed by atoms with Gasteiger partial charge in [0.2, 0.25) is 0 Å². The largest absolute Gasteiger partial charge is 0.467 e. The molecule has 1 atom stereocenters. The zero-order chi connectivity index (χ0) is 21.1. The quantitative estimate of drug-likeness (QED) is 0.626. The Labute approximate surface area is 175 Å². The molecule has 1 amide bonds. The fraction of sp³-hybridized carbons (Fsp3) is 0.333. The summed E-state index contributed by atoms with van der Waals surface area (Å²) in [6, 6.07) is 13.7. The van der Waals surface area contributed by atoms with Gasteiger partial charge in [0, 0.05) is 11.4 Å². The smallest absolute Gasteiger partial charge is 0.340 e. The average Bonchev–Trinajstić information content (AvgIpc) is 3.36. The third-order valence-electron chi connectivity index (χ3n) is 5.73. The highest BCUT2D eigenvalue weighted by molar-refractivity contribution is 5.92. The lowest BCUT2D eigenvalue weighted by Gasteiger charge is -2.26. The Bertz CT molecular complexity index is 1050. The molecule has 0 fully saturated rings. The summed E-state index contributed by atoms with van der Waals surface area (Å²) in [5.74, 6) is 0.0336. The number of nitrogens with zero attached hydrogens (tertiary/aromatic N) is 1. The van der Waals surface area contributed by atoms with Crippen LogP contribution < -0.4 is 5.32 Å². The van der Waals surface area contributed by atoms with Gasteiger partial charge in [-0.15, -0.1) is 0 Å². The molecule has 156 valence electrons. The van der Waals surface area contributed by atoms with Crippen LogP contribution in [-0.4, -0.2) is 23.1 Å². The topological polar surface area (TPSA) is 73.5 Å². The molecule has 4 rings (SSSR count). The number of ether oxygens (including phenoxy) is 1. The van der Waals surface area contributed by atoms with E-state index in [0.717, 1.165) is 42.0 Å². The molecule has 30 heavy (non-hydrogen) atoms. The van der Waals surface area contributed by atoms with Crippen LogP contribution in [0.1, 0.15) is 57.5 Å². The number of furan rings is 1. The van der Waals surface area contributed by atoms with Gasteiger partial charge in [0.1, 0.15) is 5.76 Å². The van der Waals surface area contributed by atoms with Gasteiger partial charge in [-0.1, -0.05) is 24.3 Å². The molecule has 1 aliphatic carbocycles. The molecule has 1 aromatic carbocycles. The van der Waals surface area contributed by atoms with E-state index >= 15 is 0 Å². The number of fused-ring (bicyclic) bond motifs is 1. The number of amides is 1. The van der Waals surface area contributed by atoms with Crippen molar-refractivity contribution in [3.05, 3.63) is 82.6 Å². The molecule has 0 bridgehead atoms. The number of carbonyl (C=O) groups is 2. The first-order valence-electron chi connectivity index (χ1n) is 10.3. The van der Waals surface area contributed by atoms with E-state index < -0.39 is 5.97 Å². The molecule has 6 heteroatoms. The number of aryl methyl sites for hydroxylation is 2. The second-order valence-corrected chi connectivity index (χ2v) is 7.74. The fourth-order valence-corrected chi connectivity index (χ4v) is 4.16. The Morgan fingerprint density at radius 3 is 2.83 bits per heavy atom. The number of nitrogens with one attached hydrogen (secondary N) is 1. The van der Waals surface area contributed by atoms with Gasteiger partial charge in [0.15, 0.2) is 6.61 Å². The highest BCUT2D eigenvalue weighted by atomic mass is 16.5. The summed E-state index contributed by atoms with van der Waals surface area (Å²) in [5.41, 5.74) is 4.62. The predicted molar refractivity (Wildman–Crippen MR) is 112 cm³/mol. The summed E-state index contributed by atoms with van der Waals surface area (Å²) < 4.78 is 12.7. The van der Waals surface area contributed by atoms with E-state index in [2.05, 4.69) is 17.4 Å². The van der Waals surface area contributed by atoms with Crippen LogP contribution in [0.15, 0.2) is 53.1 Å². The molecule has 0 saturated carbocycles. The van der Waals surface area contributed by atoms with E-state index in [9.17, 15) is 9.59 Å². The van der Waals surface area contributed by atoms with Crippen LogP contribution in [0.2, 0.25) is 0 Å². The maximum absolute atomic E-state index is 12.6. The van der Waals surface area contributed by atoms with E-state index in [1.807, 2.05) is 42.7 Å². The normalized spacial score (nSPS) is 15.5. The van der Waals surface area contributed by atoms with Crippen molar-refractivity contribution in [3.8, 4) is 0 Å². The van der Waals surface area contributed by atoms with Gasteiger partial charge >= 0.3 is 5.97 Å². The molecular formula is C24H26N2O4. The Morgan fingerprint density at radius 1 is 1.20 bits per heavy atom. The minimum Gasteiger partial charge on any atom is -0.467 e. The Balaban J connectivity index is 1.37. The van der Waals surface area contributed by atoms with E-state index in [-0.39, 0.29) is 18.6 Å². The van der Waals surface area contributed by atoms with Crippen molar-refractivity contribution in [1.82, 2.24) is 9.88 Å². The minimum atomic E-state index is -0.493. The molecular weight excluding hydrogens is 380 g/mol. The van der Waals surface area contributed by atoms with Crippen LogP contribution in [0.25, 0.3) is 0 Å². The molecule has 2 heterocycles. The van der Waals surface area contributed by atoms with Crippen molar-refractivity contribution in [3.63, 3.8) is 0 Å². The lowest BCUT2D eigenvalue weighted by atomic mass is 9.88. The second-order valence-electron chi connectivity index (χ2n) is 7.74. The summed E-state index contributed by atoms with van der Waals surface area (Å²) in [5, 5.41) is 3.01. The van der Waals surface area contributed by atoms with Gasteiger partial charge in [-0.2, -0.15) is 0 Å². The highest BCUT2D eigenvalue weighted by Crippen LogP contribution is 2.29. The third kappa shape index (κ3) is 4.17. The monoisotopic (exact) mass is 406 g/mol. The lowest BCUT2D eigenvalue weighted by Crippen LogP contribution is -2.34. The zero-order valence-corrected chi connectivity index (χ0v) is 17.3. The van der Waals surface area contributed by atoms with Crippen molar-refractivity contribution in [2.24, 2.45) is 0 Å². The predicted octanol–water partition coefficient (Wildman–Crippen LogP) is 4.10. The standard InChI is InChI=1S/C24H26N2O4/c1-16-13-21(17(2)26(16)14-19-9-6-12-29-19)24(28)30-15-23(27)25-22-11-5-8-18-7-3-4-10-20(18)22/h3-4,6-7,9-10,12-13,22H,5,8,11,14-15H2,1-2H3,(H,25,27)/t22-/m0/s1. The third-order valence-corrected chi connectivity index (χ3v) is 5.73. The fourth-order valence-electron chi connectivity index (χ4n) is 4.16. The molecule has 0 saturated heterocycles. The molecule has 0 spiro atoms. The van der Waals surface area contributed by atoms with Crippen molar-refractivity contribution < 1.29 is 18.7 Å².